The number of hydrogen-bond donors (Lipinski definition) is 1. The molecule has 1 aliphatic rings. The summed E-state index contributed by atoms with van der Waals surface area (Å²) in [6, 6.07) is 0. The van der Waals surface area contributed by atoms with Gasteiger partial charge in [0.05, 0.1) is 5.84 Å². The fourth-order valence-corrected chi connectivity index (χ4v) is 1.83. The van der Waals surface area contributed by atoms with E-state index in [9.17, 15) is 0 Å². The molecule has 0 bridgehead atoms. The Morgan fingerprint density at radius 3 is 2.88 bits per heavy atom. The Bertz CT molecular complexity index is 224. The van der Waals surface area contributed by atoms with Crippen LogP contribution in [0.15, 0.2) is 4.99 Å². The number of nitrogens with zero attached hydrogens (tertiary/aromatic N) is 1. The van der Waals surface area contributed by atoms with Gasteiger partial charge in [-0.15, -0.1) is 0 Å². The van der Waals surface area contributed by atoms with E-state index in [0.29, 0.717) is 0 Å². The Hall–Kier alpha value is -0.570. The molecule has 1 rings (SSSR count). The normalized spacial score (nSPS) is 17.8. The van der Waals surface area contributed by atoms with E-state index in [1.54, 1.807) is 7.11 Å². The topological polar surface area (TPSA) is 33.6 Å². The van der Waals surface area contributed by atoms with Crippen molar-refractivity contribution in [2.24, 2.45) is 10.4 Å². The molecular formula is C13H26N2O. The molecule has 0 aromatic carbocycles. The molecule has 94 valence electrons. The van der Waals surface area contributed by atoms with Crippen molar-refractivity contribution in [3.05, 3.63) is 0 Å². The average molecular weight is 226 g/mol. The second-order valence-corrected chi connectivity index (χ2v) is 5.40. The quantitative estimate of drug-likeness (QED) is 0.782. The van der Waals surface area contributed by atoms with Crippen molar-refractivity contribution < 1.29 is 4.74 Å². The third-order valence-corrected chi connectivity index (χ3v) is 3.13. The molecule has 0 atom stereocenters. The van der Waals surface area contributed by atoms with Crippen LogP contribution in [0.2, 0.25) is 0 Å². The molecule has 1 heterocycles. The summed E-state index contributed by atoms with van der Waals surface area (Å²) < 4.78 is 5.13. The second kappa shape index (κ2) is 6.89. The van der Waals surface area contributed by atoms with E-state index in [-0.39, 0.29) is 5.41 Å². The molecule has 0 saturated carbocycles. The molecule has 0 amide bonds. The summed E-state index contributed by atoms with van der Waals surface area (Å²) in [7, 11) is 1.76. The van der Waals surface area contributed by atoms with Crippen LogP contribution in [-0.2, 0) is 4.74 Å². The van der Waals surface area contributed by atoms with Gasteiger partial charge in [0, 0.05) is 33.2 Å². The molecule has 0 spiro atoms. The molecule has 0 unspecified atom stereocenters. The Morgan fingerprint density at radius 2 is 2.12 bits per heavy atom. The number of methoxy groups -OCH3 is 1. The van der Waals surface area contributed by atoms with E-state index in [4.69, 9.17) is 4.74 Å². The third-order valence-electron chi connectivity index (χ3n) is 3.13. The first-order valence-electron chi connectivity index (χ1n) is 6.40. The fourth-order valence-electron chi connectivity index (χ4n) is 1.83. The molecule has 1 N–H and O–H groups in total. The summed E-state index contributed by atoms with van der Waals surface area (Å²) >= 11 is 0. The highest BCUT2D eigenvalue weighted by atomic mass is 16.5. The van der Waals surface area contributed by atoms with Gasteiger partial charge in [0.1, 0.15) is 0 Å². The van der Waals surface area contributed by atoms with E-state index < -0.39 is 0 Å². The molecule has 0 aromatic heterocycles. The van der Waals surface area contributed by atoms with Crippen LogP contribution >= 0.6 is 0 Å². The lowest BCUT2D eigenvalue weighted by atomic mass is 9.89. The molecule has 16 heavy (non-hydrogen) atoms. The summed E-state index contributed by atoms with van der Waals surface area (Å²) in [5, 5.41) is 3.51. The van der Waals surface area contributed by atoms with Gasteiger partial charge in [-0.3, -0.25) is 4.99 Å². The molecular weight excluding hydrogens is 200 g/mol. The fraction of sp³-hybridized carbons (Fsp3) is 0.923. The van der Waals surface area contributed by atoms with Crippen molar-refractivity contribution in [2.75, 3.05) is 26.8 Å². The van der Waals surface area contributed by atoms with Gasteiger partial charge in [-0.25, -0.2) is 0 Å². The van der Waals surface area contributed by atoms with Crippen LogP contribution in [0.5, 0.6) is 0 Å². The first-order chi connectivity index (χ1) is 7.64. The molecule has 3 nitrogen and oxygen atoms in total. The first-order valence-corrected chi connectivity index (χ1v) is 6.40. The zero-order valence-electron chi connectivity index (χ0n) is 11.0. The lowest BCUT2D eigenvalue weighted by Crippen LogP contribution is -2.34. The smallest absolute Gasteiger partial charge is 0.0963 e. The highest BCUT2D eigenvalue weighted by molar-refractivity contribution is 5.82. The van der Waals surface area contributed by atoms with Crippen molar-refractivity contribution in [2.45, 2.75) is 46.0 Å². The third kappa shape index (κ3) is 5.50. The lowest BCUT2D eigenvalue weighted by Gasteiger charge is -2.25. The Balaban J connectivity index is 2.28. The van der Waals surface area contributed by atoms with E-state index in [1.165, 1.54) is 25.1 Å². The van der Waals surface area contributed by atoms with Crippen LogP contribution in [0.3, 0.4) is 0 Å². The monoisotopic (exact) mass is 226 g/mol. The van der Waals surface area contributed by atoms with E-state index in [2.05, 4.69) is 24.2 Å². The number of ether oxygens (including phenoxy) is 1. The van der Waals surface area contributed by atoms with Crippen molar-refractivity contribution >= 4 is 5.84 Å². The van der Waals surface area contributed by atoms with Crippen LogP contribution in [0.25, 0.3) is 0 Å². The van der Waals surface area contributed by atoms with Gasteiger partial charge in [-0.05, 0) is 24.7 Å². The Kier molecular flexibility index (Phi) is 5.81. The Morgan fingerprint density at radius 1 is 1.31 bits per heavy atom. The largest absolute Gasteiger partial charge is 0.385 e. The molecule has 0 fully saturated rings. The predicted molar refractivity (Wildman–Crippen MR) is 69.0 cm³/mol. The highest BCUT2D eigenvalue weighted by Crippen LogP contribution is 2.19. The van der Waals surface area contributed by atoms with Gasteiger partial charge < -0.3 is 10.1 Å². The zero-order valence-corrected chi connectivity index (χ0v) is 11.0. The summed E-state index contributed by atoms with van der Waals surface area (Å²) in [4.78, 5) is 4.58. The minimum absolute atomic E-state index is 0.283. The summed E-state index contributed by atoms with van der Waals surface area (Å²) in [6.07, 6.45) is 6.06. The molecule has 0 aliphatic carbocycles. The van der Waals surface area contributed by atoms with Crippen molar-refractivity contribution in [1.82, 2.24) is 5.32 Å². The maximum Gasteiger partial charge on any atom is 0.0963 e. The maximum absolute atomic E-state index is 5.13. The molecule has 1 aliphatic heterocycles. The van der Waals surface area contributed by atoms with Gasteiger partial charge in [-0.2, -0.15) is 0 Å². The SMILES string of the molecule is COCCC(C)(C)CNC1=NCCCCC1. The predicted octanol–water partition coefficient (Wildman–Crippen LogP) is 2.61. The van der Waals surface area contributed by atoms with Crippen LogP contribution in [0.4, 0.5) is 0 Å². The zero-order chi connectivity index (χ0) is 11.9. The average Bonchev–Trinajstić information content (AvgIpc) is 2.52. The molecule has 3 heteroatoms. The Labute approximate surface area is 99.7 Å². The van der Waals surface area contributed by atoms with Gasteiger partial charge in [0.15, 0.2) is 0 Å². The number of rotatable bonds is 5. The van der Waals surface area contributed by atoms with Gasteiger partial charge in [-0.1, -0.05) is 20.3 Å². The number of nitrogens with one attached hydrogen (secondary N) is 1. The molecule has 0 saturated heterocycles. The van der Waals surface area contributed by atoms with Gasteiger partial charge in [0.25, 0.3) is 0 Å². The van der Waals surface area contributed by atoms with E-state index in [1.807, 2.05) is 0 Å². The van der Waals surface area contributed by atoms with E-state index in [0.717, 1.165) is 32.5 Å². The molecule has 0 aromatic rings. The highest BCUT2D eigenvalue weighted by Gasteiger charge is 2.18. The minimum Gasteiger partial charge on any atom is -0.385 e. The maximum atomic E-state index is 5.13. The van der Waals surface area contributed by atoms with Crippen LogP contribution in [0.1, 0.15) is 46.0 Å². The van der Waals surface area contributed by atoms with Crippen molar-refractivity contribution in [3.8, 4) is 0 Å². The summed E-state index contributed by atoms with van der Waals surface area (Å²) in [5.41, 5.74) is 0.283. The van der Waals surface area contributed by atoms with Gasteiger partial charge >= 0.3 is 0 Å². The van der Waals surface area contributed by atoms with Crippen molar-refractivity contribution in [3.63, 3.8) is 0 Å². The van der Waals surface area contributed by atoms with Gasteiger partial charge in [0.2, 0.25) is 0 Å². The van der Waals surface area contributed by atoms with Crippen LogP contribution in [0, 0.1) is 5.41 Å². The summed E-state index contributed by atoms with van der Waals surface area (Å²) in [5.74, 6) is 1.21. The standard InChI is InChI=1S/C13H26N2O/c1-13(2,8-10-16-3)11-15-12-7-5-4-6-9-14-12/h4-11H2,1-3H3,(H,14,15). The number of amidine groups is 1. The lowest BCUT2D eigenvalue weighted by molar-refractivity contribution is 0.153. The number of hydrogen-bond acceptors (Lipinski definition) is 3. The summed E-state index contributed by atoms with van der Waals surface area (Å²) in [6.45, 7) is 7.38. The second-order valence-electron chi connectivity index (χ2n) is 5.40. The molecule has 0 radical (unpaired) electrons. The minimum atomic E-state index is 0.283. The van der Waals surface area contributed by atoms with Crippen molar-refractivity contribution in [1.29, 1.82) is 0 Å². The number of aliphatic imine (C=N–C) groups is 1. The van der Waals surface area contributed by atoms with E-state index >= 15 is 0 Å². The van der Waals surface area contributed by atoms with Crippen LogP contribution in [-0.4, -0.2) is 32.6 Å². The van der Waals surface area contributed by atoms with Crippen LogP contribution < -0.4 is 5.32 Å². The first kappa shape index (κ1) is 13.5.